The molecule has 1 aromatic heterocycles. The molecule has 2 fully saturated rings. The Bertz CT molecular complexity index is 1470. The minimum absolute atomic E-state index is 0.0580. The van der Waals surface area contributed by atoms with Crippen molar-refractivity contribution in [3.63, 3.8) is 0 Å². The van der Waals surface area contributed by atoms with Gasteiger partial charge in [-0.1, -0.05) is 43.3 Å². The lowest BCUT2D eigenvalue weighted by Gasteiger charge is -2.24. The molecular weight excluding hydrogens is 602 g/mol. The van der Waals surface area contributed by atoms with E-state index in [1.54, 1.807) is 0 Å². The van der Waals surface area contributed by atoms with Gasteiger partial charge in [0.2, 0.25) is 5.91 Å². The maximum absolute atomic E-state index is 13.1. The molecule has 2 unspecified atom stereocenters. The Morgan fingerprint density at radius 1 is 1.02 bits per heavy atom. The smallest absolute Gasteiger partial charge is 0.222 e. The molecule has 5 rings (SSSR count). The molecule has 1 amide bonds. The van der Waals surface area contributed by atoms with Crippen LogP contribution in [0.2, 0.25) is 0 Å². The van der Waals surface area contributed by atoms with E-state index in [1.807, 2.05) is 23.4 Å². The molecule has 2 aliphatic rings. The van der Waals surface area contributed by atoms with Crippen molar-refractivity contribution < 1.29 is 24.9 Å². The van der Waals surface area contributed by atoms with Crippen LogP contribution in [0.4, 0.5) is 0 Å². The molecule has 4 N–H and O–H groups in total. The van der Waals surface area contributed by atoms with Gasteiger partial charge in [-0.15, -0.1) is 0 Å². The zero-order chi connectivity index (χ0) is 33.9. The zero-order valence-corrected chi connectivity index (χ0v) is 28.9. The summed E-state index contributed by atoms with van der Waals surface area (Å²) in [6.07, 6.45) is 12.8. The number of pyridine rings is 1. The Hall–Kier alpha value is -3.30. The van der Waals surface area contributed by atoms with Crippen molar-refractivity contribution in [3.8, 4) is 16.9 Å². The van der Waals surface area contributed by atoms with Gasteiger partial charge in [0.15, 0.2) is 0 Å². The molecule has 3 aromatic rings. The largest absolute Gasteiger partial charge is 0.490 e. The monoisotopic (exact) mass is 657 g/mol. The minimum atomic E-state index is -0.699. The van der Waals surface area contributed by atoms with Crippen molar-refractivity contribution in [1.29, 1.82) is 0 Å². The van der Waals surface area contributed by atoms with Crippen molar-refractivity contribution in [2.45, 2.75) is 115 Å². The third kappa shape index (κ3) is 9.88. The normalized spacial score (nSPS) is 16.4. The fourth-order valence-corrected chi connectivity index (χ4v) is 6.57. The highest BCUT2D eigenvalue weighted by Crippen LogP contribution is 2.50. The number of nitrogens with zero attached hydrogens (tertiary/aromatic N) is 2. The number of carbonyl (C=O) groups excluding carboxylic acids is 1. The Kier molecular flexibility index (Phi) is 13.0. The van der Waals surface area contributed by atoms with E-state index >= 15 is 0 Å². The Morgan fingerprint density at radius 2 is 1.81 bits per heavy atom. The number of benzene rings is 2. The third-order valence-electron chi connectivity index (χ3n) is 10.0. The molecule has 0 radical (unpaired) electrons. The van der Waals surface area contributed by atoms with Crippen LogP contribution in [0, 0.1) is 6.92 Å². The highest BCUT2D eigenvalue weighted by atomic mass is 16.5. The van der Waals surface area contributed by atoms with Crippen LogP contribution in [0.15, 0.2) is 60.9 Å². The van der Waals surface area contributed by atoms with Crippen molar-refractivity contribution in [2.24, 2.45) is 0 Å². The lowest BCUT2D eigenvalue weighted by atomic mass is 9.91. The van der Waals surface area contributed by atoms with Crippen molar-refractivity contribution in [3.05, 3.63) is 83.2 Å². The molecule has 0 bridgehead atoms. The van der Waals surface area contributed by atoms with E-state index in [4.69, 9.17) is 9.84 Å². The summed E-state index contributed by atoms with van der Waals surface area (Å²) in [7, 11) is 0. The average Bonchev–Trinajstić information content (AvgIpc) is 4.05. The second-order valence-corrected chi connectivity index (χ2v) is 13.9. The average molecular weight is 658 g/mol. The first-order valence-corrected chi connectivity index (χ1v) is 18.1. The fourth-order valence-electron chi connectivity index (χ4n) is 6.57. The van der Waals surface area contributed by atoms with E-state index in [0.717, 1.165) is 69.2 Å². The molecule has 0 saturated heterocycles. The zero-order valence-electron chi connectivity index (χ0n) is 28.9. The number of carbonyl (C=O) groups is 1. The number of amides is 1. The minimum Gasteiger partial charge on any atom is -0.490 e. The first-order chi connectivity index (χ1) is 23.3. The molecule has 8 nitrogen and oxygen atoms in total. The van der Waals surface area contributed by atoms with Gasteiger partial charge in [-0.25, -0.2) is 0 Å². The number of ether oxygens (including phenoxy) is 1. The Balaban J connectivity index is 1.17. The summed E-state index contributed by atoms with van der Waals surface area (Å²) in [6, 6.07) is 17.3. The summed E-state index contributed by atoms with van der Waals surface area (Å²) in [4.78, 5) is 19.5. The molecule has 0 aliphatic heterocycles. The van der Waals surface area contributed by atoms with E-state index in [2.05, 4.69) is 66.6 Å². The van der Waals surface area contributed by atoms with Gasteiger partial charge in [-0.3, -0.25) is 9.78 Å². The number of para-hydroxylation sites is 1. The topological polar surface area (TPSA) is 115 Å². The predicted octanol–water partition coefficient (Wildman–Crippen LogP) is 6.39. The lowest BCUT2D eigenvalue weighted by molar-refractivity contribution is -0.131. The summed E-state index contributed by atoms with van der Waals surface area (Å²) in [5.74, 6) is 1.40. The molecule has 1 heterocycles. The van der Waals surface area contributed by atoms with Crippen LogP contribution in [0.1, 0.15) is 106 Å². The van der Waals surface area contributed by atoms with E-state index in [-0.39, 0.29) is 24.7 Å². The Morgan fingerprint density at radius 3 is 2.56 bits per heavy atom. The van der Waals surface area contributed by atoms with Crippen LogP contribution in [0.25, 0.3) is 11.1 Å². The van der Waals surface area contributed by atoms with E-state index in [9.17, 15) is 15.0 Å². The third-order valence-corrected chi connectivity index (χ3v) is 10.0. The van der Waals surface area contributed by atoms with Crippen LogP contribution in [0.5, 0.6) is 5.75 Å². The van der Waals surface area contributed by atoms with Crippen molar-refractivity contribution >= 4 is 5.91 Å². The number of nitrogens with one attached hydrogen (secondary N) is 1. The highest BCUT2D eigenvalue weighted by Gasteiger charge is 2.46. The van der Waals surface area contributed by atoms with Gasteiger partial charge in [0.25, 0.3) is 0 Å². The molecule has 260 valence electrons. The van der Waals surface area contributed by atoms with Gasteiger partial charge in [0.05, 0.1) is 18.8 Å². The Labute approximate surface area is 286 Å². The van der Waals surface area contributed by atoms with Crippen molar-refractivity contribution in [2.75, 3.05) is 26.3 Å². The second-order valence-electron chi connectivity index (χ2n) is 13.9. The molecule has 2 aliphatic carbocycles. The summed E-state index contributed by atoms with van der Waals surface area (Å²) >= 11 is 0. The van der Waals surface area contributed by atoms with Gasteiger partial charge in [-0.05, 0) is 117 Å². The molecule has 0 spiro atoms. The predicted molar refractivity (Wildman–Crippen MR) is 190 cm³/mol. The fraction of sp³-hybridized carbons (Fsp3) is 0.550. The molecule has 2 saturated carbocycles. The molecule has 48 heavy (non-hydrogen) atoms. The standard InChI is InChI=1S/C40H55N3O5/c1-29(9-7-13-39(47)43(23-8-24-44)22-6-5-10-33(46)28-45)31-15-14-30(2)32(25-31)26-42-40(19-20-40)37-27-41-21-18-35(37)36-11-3-4-12-38(36)48-34-16-17-34/h3-4,11-12,14-15,18,21,25,27,29,33-34,42,44-46H,5-10,13,16-17,19-20,22-24,26,28H2,1-2H3. The summed E-state index contributed by atoms with van der Waals surface area (Å²) in [5.41, 5.74) is 7.31. The van der Waals surface area contributed by atoms with E-state index in [1.165, 1.54) is 27.8 Å². The molecular formula is C40H55N3O5. The number of aliphatic hydroxyl groups excluding tert-OH is 3. The highest BCUT2D eigenvalue weighted by molar-refractivity contribution is 5.76. The number of unbranched alkanes of at least 4 members (excludes halogenated alkanes) is 1. The quantitative estimate of drug-likeness (QED) is 0.0983. The van der Waals surface area contributed by atoms with Crippen LogP contribution >= 0.6 is 0 Å². The van der Waals surface area contributed by atoms with E-state index < -0.39 is 6.10 Å². The maximum Gasteiger partial charge on any atom is 0.222 e. The number of hydrogen-bond donors (Lipinski definition) is 4. The number of aliphatic hydroxyl groups is 3. The molecule has 2 aromatic carbocycles. The van der Waals surface area contributed by atoms with Gasteiger partial charge in [0, 0.05) is 56.2 Å². The molecule has 8 heteroatoms. The summed E-state index contributed by atoms with van der Waals surface area (Å²) in [5, 5.41) is 31.9. The van der Waals surface area contributed by atoms with Gasteiger partial charge < -0.3 is 30.3 Å². The first-order valence-electron chi connectivity index (χ1n) is 18.1. The number of rotatable bonds is 21. The summed E-state index contributed by atoms with van der Waals surface area (Å²) < 4.78 is 6.29. The van der Waals surface area contributed by atoms with Crippen molar-refractivity contribution in [1.82, 2.24) is 15.2 Å². The van der Waals surface area contributed by atoms with Crippen LogP contribution in [-0.4, -0.2) is 69.6 Å². The second kappa shape index (κ2) is 17.4. The number of aryl methyl sites for hydroxylation is 1. The molecule has 2 atom stereocenters. The number of hydrogen-bond acceptors (Lipinski definition) is 7. The van der Waals surface area contributed by atoms with Gasteiger partial charge in [0.1, 0.15) is 5.75 Å². The van der Waals surface area contributed by atoms with Crippen LogP contribution in [-0.2, 0) is 16.9 Å². The van der Waals surface area contributed by atoms with Gasteiger partial charge >= 0.3 is 0 Å². The number of aromatic nitrogens is 1. The van der Waals surface area contributed by atoms with Gasteiger partial charge in [-0.2, -0.15) is 0 Å². The van der Waals surface area contributed by atoms with E-state index in [0.29, 0.717) is 44.4 Å². The van der Waals surface area contributed by atoms with Crippen LogP contribution in [0.3, 0.4) is 0 Å². The SMILES string of the molecule is Cc1ccc(C(C)CCCC(=O)N(CCCO)CCCCC(O)CO)cc1CNC1(c2cnccc2-c2ccccc2OC2CC2)CC1. The van der Waals surface area contributed by atoms with Crippen LogP contribution < -0.4 is 10.1 Å². The maximum atomic E-state index is 13.1. The lowest BCUT2D eigenvalue weighted by Crippen LogP contribution is -2.33. The summed E-state index contributed by atoms with van der Waals surface area (Å²) in [6.45, 7) is 6.18. The first kappa shape index (κ1) is 36.0.